The third kappa shape index (κ3) is 2.64. The van der Waals surface area contributed by atoms with Gasteiger partial charge in [0.1, 0.15) is 0 Å². The van der Waals surface area contributed by atoms with Gasteiger partial charge in [0.2, 0.25) is 0 Å². The number of rotatable bonds is 3. The average molecular weight is 220 g/mol. The number of methoxy groups -OCH3 is 1. The van der Waals surface area contributed by atoms with Crippen LogP contribution >= 0.6 is 7.94 Å². The van der Waals surface area contributed by atoms with Crippen LogP contribution in [0.1, 0.15) is 11.4 Å². The first kappa shape index (κ1) is 11.4. The van der Waals surface area contributed by atoms with Crippen molar-refractivity contribution in [2.45, 2.75) is 5.85 Å². The Morgan fingerprint density at radius 3 is 2.00 bits per heavy atom. The van der Waals surface area contributed by atoms with Crippen LogP contribution in [0.15, 0.2) is 24.3 Å². The van der Waals surface area contributed by atoms with E-state index < -0.39 is 13.8 Å². The SMILES string of the molecule is COc1ccc(C(O)[PH](O)(O)O)cc1. The molecule has 1 unspecified atom stereocenters. The summed E-state index contributed by atoms with van der Waals surface area (Å²) < 4.78 is 4.88. The van der Waals surface area contributed by atoms with Gasteiger partial charge >= 0.3 is 81.0 Å². The molecule has 0 aliphatic carbocycles. The van der Waals surface area contributed by atoms with Crippen LogP contribution < -0.4 is 4.74 Å². The average Bonchev–Trinajstić information content (AvgIpc) is 2.15. The van der Waals surface area contributed by atoms with Crippen LogP contribution in [0.5, 0.6) is 5.75 Å². The minimum absolute atomic E-state index is 0.241. The molecule has 5 nitrogen and oxygen atoms in total. The molecule has 0 aromatic heterocycles. The summed E-state index contributed by atoms with van der Waals surface area (Å²) in [5, 5.41) is 9.29. The summed E-state index contributed by atoms with van der Waals surface area (Å²) in [6, 6.07) is 6.01. The van der Waals surface area contributed by atoms with Crippen LogP contribution in [0.3, 0.4) is 0 Å². The second-order valence-electron chi connectivity index (χ2n) is 2.86. The van der Waals surface area contributed by atoms with E-state index in [0.717, 1.165) is 0 Å². The van der Waals surface area contributed by atoms with Crippen molar-refractivity contribution in [2.24, 2.45) is 0 Å². The zero-order valence-electron chi connectivity index (χ0n) is 7.58. The van der Waals surface area contributed by atoms with Crippen molar-refractivity contribution in [2.75, 3.05) is 7.11 Å². The van der Waals surface area contributed by atoms with E-state index in [1.165, 1.54) is 19.2 Å². The van der Waals surface area contributed by atoms with Crippen molar-refractivity contribution in [1.82, 2.24) is 0 Å². The summed E-state index contributed by atoms with van der Waals surface area (Å²) in [6.07, 6.45) is 0. The van der Waals surface area contributed by atoms with E-state index in [1.807, 2.05) is 0 Å². The fraction of sp³-hybridized carbons (Fsp3) is 0.250. The van der Waals surface area contributed by atoms with Gasteiger partial charge in [-0.3, -0.25) is 0 Å². The second kappa shape index (κ2) is 4.21. The first-order chi connectivity index (χ1) is 6.45. The van der Waals surface area contributed by atoms with E-state index in [1.54, 1.807) is 12.1 Å². The molecule has 0 aliphatic rings. The van der Waals surface area contributed by atoms with Crippen LogP contribution in [-0.2, 0) is 0 Å². The van der Waals surface area contributed by atoms with Crippen LogP contribution in [0.2, 0.25) is 0 Å². The summed E-state index contributed by atoms with van der Waals surface area (Å²) in [5.74, 6) is -1.05. The Morgan fingerprint density at radius 2 is 1.64 bits per heavy atom. The Balaban J connectivity index is 2.87. The second-order valence-corrected chi connectivity index (χ2v) is 4.78. The number of ether oxygens (including phenoxy) is 1. The Hall–Kier alpha value is -0.710. The summed E-state index contributed by atoms with van der Waals surface area (Å²) in [7, 11) is -3.02. The van der Waals surface area contributed by atoms with E-state index in [9.17, 15) is 5.11 Å². The van der Waals surface area contributed by atoms with Gasteiger partial charge in [-0.15, -0.1) is 0 Å². The standard InChI is InChI=1S/C8H13O5P/c1-13-7-4-2-6(3-5-7)8(9)14(10,11)12/h2-5,8-12,14H,1H3. The predicted octanol–water partition coefficient (Wildman–Crippen LogP) is 0.158. The van der Waals surface area contributed by atoms with Gasteiger partial charge in [0, 0.05) is 0 Å². The van der Waals surface area contributed by atoms with Crippen molar-refractivity contribution >= 4 is 7.94 Å². The third-order valence-corrected chi connectivity index (χ3v) is 2.87. The Kier molecular flexibility index (Phi) is 3.42. The molecule has 0 saturated carbocycles. The van der Waals surface area contributed by atoms with Crippen molar-refractivity contribution < 1.29 is 24.5 Å². The molecule has 0 saturated heterocycles. The van der Waals surface area contributed by atoms with Crippen LogP contribution in [0.25, 0.3) is 0 Å². The van der Waals surface area contributed by atoms with Gasteiger partial charge in [-0.2, -0.15) is 0 Å². The van der Waals surface area contributed by atoms with Crippen LogP contribution in [-0.4, -0.2) is 26.9 Å². The van der Waals surface area contributed by atoms with Crippen molar-refractivity contribution in [1.29, 1.82) is 0 Å². The molecule has 0 heterocycles. The van der Waals surface area contributed by atoms with Gasteiger partial charge < -0.3 is 0 Å². The van der Waals surface area contributed by atoms with Gasteiger partial charge in [-0.1, -0.05) is 0 Å². The fourth-order valence-electron chi connectivity index (χ4n) is 1.01. The summed E-state index contributed by atoms with van der Waals surface area (Å²) in [6.45, 7) is 0. The number of hydrogen-bond donors (Lipinski definition) is 4. The molecule has 0 fully saturated rings. The van der Waals surface area contributed by atoms with E-state index in [0.29, 0.717) is 5.75 Å². The molecular formula is C8H13O5P. The first-order valence-electron chi connectivity index (χ1n) is 3.94. The molecule has 1 atom stereocenters. The van der Waals surface area contributed by atoms with Crippen molar-refractivity contribution in [3.05, 3.63) is 29.8 Å². The number of aliphatic hydroxyl groups is 1. The summed E-state index contributed by atoms with van der Waals surface area (Å²) >= 11 is 0. The van der Waals surface area contributed by atoms with Gasteiger partial charge in [0.05, 0.1) is 0 Å². The molecule has 80 valence electrons. The summed E-state index contributed by atoms with van der Waals surface area (Å²) in [5.41, 5.74) is 0.241. The van der Waals surface area contributed by atoms with E-state index in [-0.39, 0.29) is 5.56 Å². The molecular weight excluding hydrogens is 207 g/mol. The Morgan fingerprint density at radius 1 is 1.14 bits per heavy atom. The molecule has 0 radical (unpaired) electrons. The van der Waals surface area contributed by atoms with E-state index in [4.69, 9.17) is 19.4 Å². The van der Waals surface area contributed by atoms with Gasteiger partial charge in [-0.05, 0) is 0 Å². The zero-order valence-corrected chi connectivity index (χ0v) is 8.58. The van der Waals surface area contributed by atoms with E-state index >= 15 is 0 Å². The van der Waals surface area contributed by atoms with Gasteiger partial charge in [0.15, 0.2) is 0 Å². The Labute approximate surface area is 81.8 Å². The molecule has 6 heteroatoms. The van der Waals surface area contributed by atoms with E-state index in [2.05, 4.69) is 0 Å². The maximum atomic E-state index is 9.29. The van der Waals surface area contributed by atoms with Crippen molar-refractivity contribution in [3.8, 4) is 5.75 Å². The van der Waals surface area contributed by atoms with Crippen LogP contribution in [0.4, 0.5) is 0 Å². The molecule has 1 aromatic rings. The van der Waals surface area contributed by atoms with Crippen molar-refractivity contribution in [3.63, 3.8) is 0 Å². The molecule has 14 heavy (non-hydrogen) atoms. The molecule has 1 rings (SSSR count). The van der Waals surface area contributed by atoms with Gasteiger partial charge in [-0.25, -0.2) is 0 Å². The van der Waals surface area contributed by atoms with Gasteiger partial charge in [0.25, 0.3) is 0 Å². The predicted molar refractivity (Wildman–Crippen MR) is 52.9 cm³/mol. The molecule has 0 spiro atoms. The monoisotopic (exact) mass is 220 g/mol. The normalized spacial score (nSPS) is 14.9. The summed E-state index contributed by atoms with van der Waals surface area (Å²) in [4.78, 5) is 26.5. The maximum absolute atomic E-state index is 9.29. The molecule has 0 bridgehead atoms. The molecule has 4 N–H and O–H groups in total. The quantitative estimate of drug-likeness (QED) is 0.545. The number of aliphatic hydroxyl groups excluding tert-OH is 1. The molecule has 1 aromatic carbocycles. The third-order valence-electron chi connectivity index (χ3n) is 1.80. The zero-order chi connectivity index (χ0) is 10.8. The topological polar surface area (TPSA) is 90.2 Å². The number of benzene rings is 1. The molecule has 0 amide bonds. The number of hydrogen-bond acceptors (Lipinski definition) is 5. The fourth-order valence-corrected chi connectivity index (χ4v) is 1.65. The first-order valence-corrected chi connectivity index (χ1v) is 5.86. The minimum atomic E-state index is -4.51. The Bertz CT molecular complexity index is 292. The van der Waals surface area contributed by atoms with Crippen LogP contribution in [0, 0.1) is 0 Å². The molecule has 0 aliphatic heterocycles.